The Balaban J connectivity index is 1.66. The van der Waals surface area contributed by atoms with E-state index in [1.54, 1.807) is 37.3 Å². The predicted molar refractivity (Wildman–Crippen MR) is 128 cm³/mol. The number of aryl methyl sites for hydroxylation is 1. The second-order valence-corrected chi connectivity index (χ2v) is 8.70. The van der Waals surface area contributed by atoms with E-state index in [1.807, 2.05) is 12.1 Å². The van der Waals surface area contributed by atoms with Gasteiger partial charge in [0, 0.05) is 25.8 Å². The van der Waals surface area contributed by atoms with Gasteiger partial charge in [-0.25, -0.2) is 9.78 Å². The summed E-state index contributed by atoms with van der Waals surface area (Å²) < 4.78 is 13.2. The summed E-state index contributed by atoms with van der Waals surface area (Å²) in [6.07, 6.45) is 3.85. The summed E-state index contributed by atoms with van der Waals surface area (Å²) in [5, 5.41) is 0. The maximum Gasteiger partial charge on any atom is 0.332 e. The number of rotatable bonds is 7. The summed E-state index contributed by atoms with van der Waals surface area (Å²) in [7, 11) is 3.12. The molecule has 3 heterocycles. The summed E-state index contributed by atoms with van der Waals surface area (Å²) in [5.74, 6) is 1.65. The van der Waals surface area contributed by atoms with Crippen LogP contribution in [-0.2, 0) is 24.3 Å². The molecule has 0 radical (unpaired) electrons. The highest BCUT2D eigenvalue weighted by atomic mass is 16.5. The Morgan fingerprint density at radius 2 is 1.79 bits per heavy atom. The molecule has 9 nitrogen and oxygen atoms in total. The number of fused-ring (bicyclic) bond motifs is 1. The molecule has 3 aromatic rings. The van der Waals surface area contributed by atoms with Gasteiger partial charge in [0.25, 0.3) is 5.56 Å². The lowest BCUT2D eigenvalue weighted by Gasteiger charge is -2.30. The van der Waals surface area contributed by atoms with E-state index in [0.717, 1.165) is 23.0 Å². The van der Waals surface area contributed by atoms with Gasteiger partial charge in [-0.3, -0.25) is 18.7 Å². The molecule has 0 N–H and O–H groups in total. The van der Waals surface area contributed by atoms with E-state index in [9.17, 15) is 14.4 Å². The van der Waals surface area contributed by atoms with Gasteiger partial charge in [-0.1, -0.05) is 13.0 Å². The number of piperidine rings is 1. The van der Waals surface area contributed by atoms with Crippen LogP contribution in [0.2, 0.25) is 0 Å². The van der Waals surface area contributed by atoms with Gasteiger partial charge in [-0.2, -0.15) is 0 Å². The number of amides is 1. The first kappa shape index (κ1) is 23.5. The number of benzene rings is 1. The number of likely N-dealkylation sites (tertiary alicyclic amines) is 1. The van der Waals surface area contributed by atoms with Crippen molar-refractivity contribution >= 4 is 16.9 Å². The number of pyridine rings is 1. The molecule has 1 aliphatic rings. The van der Waals surface area contributed by atoms with Crippen LogP contribution in [0, 0.1) is 5.92 Å². The number of carbonyl (C=O) groups is 1. The van der Waals surface area contributed by atoms with Crippen LogP contribution in [0.15, 0.2) is 46.1 Å². The average Bonchev–Trinajstić information content (AvgIpc) is 2.86. The van der Waals surface area contributed by atoms with Crippen LogP contribution in [0.25, 0.3) is 11.0 Å². The minimum absolute atomic E-state index is 0.119. The Kier molecular flexibility index (Phi) is 7.00. The zero-order valence-electron chi connectivity index (χ0n) is 19.8. The van der Waals surface area contributed by atoms with E-state index in [2.05, 4.69) is 11.9 Å². The molecule has 34 heavy (non-hydrogen) atoms. The Morgan fingerprint density at radius 1 is 1.06 bits per heavy atom. The molecule has 1 fully saturated rings. The molecule has 0 unspecified atom stereocenters. The number of nitrogens with zero attached hydrogens (tertiary/aromatic N) is 4. The summed E-state index contributed by atoms with van der Waals surface area (Å²) in [5.41, 5.74) is 0.462. The topological polar surface area (TPSA) is 95.7 Å². The van der Waals surface area contributed by atoms with Crippen LogP contribution in [0.5, 0.6) is 11.5 Å². The molecule has 180 valence electrons. The Hall–Kier alpha value is -3.62. The molecule has 0 bridgehead atoms. The molecule has 0 atom stereocenters. The quantitative estimate of drug-likeness (QED) is 0.529. The number of methoxy groups -OCH3 is 2. The van der Waals surface area contributed by atoms with Crippen molar-refractivity contribution in [2.75, 3.05) is 27.3 Å². The van der Waals surface area contributed by atoms with Gasteiger partial charge in [-0.15, -0.1) is 0 Å². The lowest BCUT2D eigenvalue weighted by atomic mass is 9.99. The van der Waals surface area contributed by atoms with Crippen LogP contribution in [0.3, 0.4) is 0 Å². The number of ether oxygens (including phenoxy) is 2. The van der Waals surface area contributed by atoms with Gasteiger partial charge in [0.15, 0.2) is 17.0 Å². The molecule has 4 rings (SSSR count). The molecule has 0 saturated carbocycles. The average molecular weight is 467 g/mol. The van der Waals surface area contributed by atoms with Crippen molar-refractivity contribution in [1.29, 1.82) is 0 Å². The summed E-state index contributed by atoms with van der Waals surface area (Å²) in [4.78, 5) is 45.6. The molecule has 0 aliphatic carbocycles. The fourth-order valence-corrected chi connectivity index (χ4v) is 4.36. The van der Waals surface area contributed by atoms with Crippen LogP contribution in [0.1, 0.15) is 25.3 Å². The minimum atomic E-state index is -0.510. The molecular weight excluding hydrogens is 436 g/mol. The van der Waals surface area contributed by atoms with Crippen molar-refractivity contribution in [3.05, 3.63) is 62.9 Å². The minimum Gasteiger partial charge on any atom is -0.493 e. The highest BCUT2D eigenvalue weighted by Gasteiger charge is 2.23. The molecule has 1 amide bonds. The van der Waals surface area contributed by atoms with Gasteiger partial charge in [0.1, 0.15) is 6.54 Å². The molecule has 2 aromatic heterocycles. The van der Waals surface area contributed by atoms with E-state index < -0.39 is 11.2 Å². The maximum atomic E-state index is 13.4. The highest BCUT2D eigenvalue weighted by molar-refractivity contribution is 5.79. The first-order chi connectivity index (χ1) is 16.4. The second-order valence-electron chi connectivity index (χ2n) is 8.70. The van der Waals surface area contributed by atoms with Crippen LogP contribution in [0.4, 0.5) is 0 Å². The first-order valence-electron chi connectivity index (χ1n) is 11.5. The predicted octanol–water partition coefficient (Wildman–Crippen LogP) is 2.08. The number of aromatic nitrogens is 3. The molecule has 0 spiro atoms. The van der Waals surface area contributed by atoms with Crippen molar-refractivity contribution in [2.45, 2.75) is 39.3 Å². The normalized spacial score (nSPS) is 14.4. The van der Waals surface area contributed by atoms with Crippen LogP contribution >= 0.6 is 0 Å². The Bertz CT molecular complexity index is 1300. The van der Waals surface area contributed by atoms with Crippen molar-refractivity contribution in [3.63, 3.8) is 0 Å². The van der Waals surface area contributed by atoms with Gasteiger partial charge >= 0.3 is 5.69 Å². The standard InChI is InChI=1S/C25H30N4O5/c1-17-8-12-27(13-9-17)22(30)16-29-19-5-4-11-26-23(19)24(31)28(25(29)32)14-10-18-6-7-20(33-2)21(15-18)34-3/h4-7,11,15,17H,8-10,12-14,16H2,1-3H3. The van der Waals surface area contributed by atoms with E-state index in [1.165, 1.54) is 10.8 Å². The van der Waals surface area contributed by atoms with E-state index >= 15 is 0 Å². The lowest BCUT2D eigenvalue weighted by Crippen LogP contribution is -2.45. The Morgan fingerprint density at radius 3 is 2.50 bits per heavy atom. The fraction of sp³-hybridized carbons (Fsp3) is 0.440. The van der Waals surface area contributed by atoms with Crippen molar-refractivity contribution in [3.8, 4) is 11.5 Å². The largest absolute Gasteiger partial charge is 0.493 e. The lowest BCUT2D eigenvalue weighted by molar-refractivity contribution is -0.133. The zero-order valence-corrected chi connectivity index (χ0v) is 19.8. The number of carbonyl (C=O) groups excluding carboxylic acids is 1. The highest BCUT2D eigenvalue weighted by Crippen LogP contribution is 2.27. The van der Waals surface area contributed by atoms with Gasteiger partial charge < -0.3 is 14.4 Å². The molecule has 1 aromatic carbocycles. The summed E-state index contributed by atoms with van der Waals surface area (Å²) in [6, 6.07) is 8.80. The number of hydrogen-bond acceptors (Lipinski definition) is 6. The third-order valence-electron chi connectivity index (χ3n) is 6.49. The fourth-order valence-electron chi connectivity index (χ4n) is 4.36. The van der Waals surface area contributed by atoms with Crippen molar-refractivity contribution in [1.82, 2.24) is 19.0 Å². The first-order valence-corrected chi connectivity index (χ1v) is 11.5. The SMILES string of the molecule is COc1ccc(CCn2c(=O)c3ncccc3n(CC(=O)N3CCC(C)CC3)c2=O)cc1OC. The molecule has 1 aliphatic heterocycles. The third kappa shape index (κ3) is 4.69. The summed E-state index contributed by atoms with van der Waals surface area (Å²) in [6.45, 7) is 3.58. The smallest absolute Gasteiger partial charge is 0.332 e. The van der Waals surface area contributed by atoms with Crippen molar-refractivity contribution in [2.24, 2.45) is 5.92 Å². The molecular formula is C25H30N4O5. The Labute approximate surface area is 197 Å². The third-order valence-corrected chi connectivity index (χ3v) is 6.49. The van der Waals surface area contributed by atoms with E-state index in [0.29, 0.717) is 42.4 Å². The van der Waals surface area contributed by atoms with Gasteiger partial charge in [0.05, 0.1) is 19.7 Å². The second kappa shape index (κ2) is 10.1. The van der Waals surface area contributed by atoms with Crippen molar-refractivity contribution < 1.29 is 14.3 Å². The van der Waals surface area contributed by atoms with Crippen LogP contribution < -0.4 is 20.7 Å². The van der Waals surface area contributed by atoms with Gasteiger partial charge in [-0.05, 0) is 55.0 Å². The van der Waals surface area contributed by atoms with E-state index in [-0.39, 0.29) is 24.5 Å². The van der Waals surface area contributed by atoms with Crippen LogP contribution in [-0.4, -0.2) is 52.2 Å². The number of hydrogen-bond donors (Lipinski definition) is 0. The monoisotopic (exact) mass is 466 g/mol. The maximum absolute atomic E-state index is 13.4. The summed E-state index contributed by atoms with van der Waals surface area (Å²) >= 11 is 0. The molecule has 1 saturated heterocycles. The molecule has 9 heteroatoms. The van der Waals surface area contributed by atoms with Gasteiger partial charge in [0.2, 0.25) is 5.91 Å². The van der Waals surface area contributed by atoms with E-state index in [4.69, 9.17) is 9.47 Å². The zero-order chi connectivity index (χ0) is 24.2.